The lowest BCUT2D eigenvalue weighted by molar-refractivity contribution is -0.118. The Morgan fingerprint density at radius 1 is 1.18 bits per heavy atom. The van der Waals surface area contributed by atoms with Gasteiger partial charge in [0.25, 0.3) is 5.16 Å². The first-order valence-electron chi connectivity index (χ1n) is 10.1. The van der Waals surface area contributed by atoms with Gasteiger partial charge < -0.3 is 10.1 Å². The summed E-state index contributed by atoms with van der Waals surface area (Å²) in [5.74, 6) is -1.50. The van der Waals surface area contributed by atoms with E-state index in [1.54, 1.807) is 6.08 Å². The molecule has 0 atom stereocenters. The summed E-state index contributed by atoms with van der Waals surface area (Å²) < 4.78 is 44.1. The maximum atomic E-state index is 13.0. The van der Waals surface area contributed by atoms with Crippen molar-refractivity contribution in [2.45, 2.75) is 25.5 Å². The summed E-state index contributed by atoms with van der Waals surface area (Å²) in [6.45, 7) is 3.68. The van der Waals surface area contributed by atoms with Crippen molar-refractivity contribution in [3.8, 4) is 17.7 Å². The Balaban J connectivity index is 1.71. The number of sulfone groups is 1. The lowest BCUT2D eigenvalue weighted by Gasteiger charge is -2.12. The molecule has 0 saturated carbocycles. The van der Waals surface area contributed by atoms with Crippen molar-refractivity contribution in [2.24, 2.45) is 0 Å². The molecule has 1 heterocycles. The molecule has 34 heavy (non-hydrogen) atoms. The van der Waals surface area contributed by atoms with Crippen LogP contribution in [-0.4, -0.2) is 30.0 Å². The Kier molecular flexibility index (Phi) is 7.71. The second kappa shape index (κ2) is 10.7. The van der Waals surface area contributed by atoms with Crippen molar-refractivity contribution in [3.63, 3.8) is 0 Å². The molecule has 0 saturated heterocycles. The van der Waals surface area contributed by atoms with Crippen LogP contribution in [-0.2, 0) is 21.2 Å². The smallest absolute Gasteiger partial charge is 0.250 e. The third-order valence-corrected chi connectivity index (χ3v) is 6.05. The van der Waals surface area contributed by atoms with E-state index in [4.69, 9.17) is 10.00 Å². The van der Waals surface area contributed by atoms with Gasteiger partial charge in [0.05, 0.1) is 6.07 Å². The van der Waals surface area contributed by atoms with Crippen molar-refractivity contribution in [1.29, 1.82) is 5.26 Å². The van der Waals surface area contributed by atoms with Crippen LogP contribution in [0.2, 0.25) is 0 Å². The number of carbonyl (C=O) groups excluding carboxylic acids is 1. The summed E-state index contributed by atoms with van der Waals surface area (Å²) in [7, 11) is -4.14. The topological polar surface area (TPSA) is 122 Å². The molecule has 3 rings (SSSR count). The van der Waals surface area contributed by atoms with Crippen molar-refractivity contribution < 1.29 is 22.3 Å². The van der Waals surface area contributed by atoms with E-state index >= 15 is 0 Å². The predicted molar refractivity (Wildman–Crippen MR) is 123 cm³/mol. The van der Waals surface area contributed by atoms with Crippen LogP contribution < -0.4 is 10.1 Å². The highest BCUT2D eigenvalue weighted by Gasteiger charge is 2.23. The molecule has 8 nitrogen and oxygen atoms in total. The molecule has 1 amide bonds. The van der Waals surface area contributed by atoms with Gasteiger partial charge in [-0.1, -0.05) is 12.1 Å². The summed E-state index contributed by atoms with van der Waals surface area (Å²) in [6, 6.07) is 12.5. The minimum Gasteiger partial charge on any atom is -0.438 e. The van der Waals surface area contributed by atoms with E-state index in [2.05, 4.69) is 15.3 Å². The number of aromatic nitrogens is 2. The lowest BCUT2D eigenvalue weighted by atomic mass is 10.1. The average molecular weight is 481 g/mol. The number of aryl methyl sites for hydroxylation is 2. The van der Waals surface area contributed by atoms with E-state index in [-0.39, 0.29) is 12.4 Å². The van der Waals surface area contributed by atoms with Gasteiger partial charge in [0.15, 0.2) is 0 Å². The number of hydrogen-bond acceptors (Lipinski definition) is 7. The fourth-order valence-corrected chi connectivity index (χ4v) is 4.13. The normalized spacial score (nSPS) is 11.2. The number of ether oxygens (including phenoxy) is 1. The van der Waals surface area contributed by atoms with Gasteiger partial charge in [-0.25, -0.2) is 17.8 Å². The number of allylic oxidation sites excluding steroid dienone is 1. The van der Waals surface area contributed by atoms with Gasteiger partial charge in [-0.2, -0.15) is 10.2 Å². The number of rotatable bonds is 8. The molecule has 0 aliphatic carbocycles. The minimum atomic E-state index is -4.14. The van der Waals surface area contributed by atoms with E-state index < -0.39 is 32.5 Å². The van der Waals surface area contributed by atoms with Crippen LogP contribution in [0.25, 0.3) is 6.08 Å². The Bertz CT molecular complexity index is 1360. The predicted octanol–water partition coefficient (Wildman–Crippen LogP) is 3.65. The Hall–Kier alpha value is -4.10. The van der Waals surface area contributed by atoms with Gasteiger partial charge in [-0.3, -0.25) is 4.79 Å². The number of halogens is 1. The molecule has 0 aliphatic heterocycles. The maximum Gasteiger partial charge on any atom is 0.250 e. The molecule has 0 radical (unpaired) electrons. The molecule has 2 aromatic carbocycles. The second-order valence-electron chi connectivity index (χ2n) is 7.39. The molecule has 10 heteroatoms. The van der Waals surface area contributed by atoms with Gasteiger partial charge in [0.2, 0.25) is 21.6 Å². The molecular weight excluding hydrogens is 459 g/mol. The first kappa shape index (κ1) is 24.5. The zero-order valence-corrected chi connectivity index (χ0v) is 19.3. The van der Waals surface area contributed by atoms with Crippen LogP contribution in [0.15, 0.2) is 59.9 Å². The van der Waals surface area contributed by atoms with Crippen molar-refractivity contribution in [3.05, 3.63) is 82.8 Å². The molecule has 0 fully saturated rings. The van der Waals surface area contributed by atoms with Crippen LogP contribution in [0.5, 0.6) is 11.6 Å². The third kappa shape index (κ3) is 6.46. The molecule has 3 aromatic rings. The van der Waals surface area contributed by atoms with Crippen LogP contribution in [0.4, 0.5) is 4.39 Å². The minimum absolute atomic E-state index is 0.00631. The van der Waals surface area contributed by atoms with Crippen LogP contribution in [0.1, 0.15) is 22.3 Å². The summed E-state index contributed by atoms with van der Waals surface area (Å²) in [6.07, 6.45) is 4.27. The number of benzene rings is 2. The molecule has 0 spiro atoms. The van der Waals surface area contributed by atoms with Crippen molar-refractivity contribution in [1.82, 2.24) is 15.3 Å². The van der Waals surface area contributed by atoms with Gasteiger partial charge >= 0.3 is 0 Å². The zero-order valence-electron chi connectivity index (χ0n) is 18.4. The van der Waals surface area contributed by atoms with Crippen molar-refractivity contribution >= 4 is 21.8 Å². The second-order valence-corrected chi connectivity index (χ2v) is 9.27. The molecule has 1 aromatic heterocycles. The molecule has 0 unspecified atom stereocenters. The maximum absolute atomic E-state index is 13.0. The molecule has 0 aliphatic rings. The lowest BCUT2D eigenvalue weighted by Crippen LogP contribution is -2.30. The molecule has 1 N–H and O–H groups in total. The highest BCUT2D eigenvalue weighted by atomic mass is 32.2. The van der Waals surface area contributed by atoms with Crippen LogP contribution >= 0.6 is 0 Å². The number of nitrogens with zero attached hydrogens (tertiary/aromatic N) is 3. The van der Waals surface area contributed by atoms with Crippen LogP contribution in [0.3, 0.4) is 0 Å². The van der Waals surface area contributed by atoms with Gasteiger partial charge in [-0.15, -0.1) is 0 Å². The summed E-state index contributed by atoms with van der Waals surface area (Å²) in [5, 5.41) is 10.6. The number of nitriles is 1. The number of amides is 1. The molecule has 174 valence electrons. The first-order chi connectivity index (χ1) is 16.2. The van der Waals surface area contributed by atoms with E-state index in [1.807, 2.05) is 32.0 Å². The van der Waals surface area contributed by atoms with E-state index in [0.717, 1.165) is 16.7 Å². The highest BCUT2D eigenvalue weighted by Crippen LogP contribution is 2.29. The fraction of sp³-hybridized carbons (Fsp3) is 0.167. The summed E-state index contributed by atoms with van der Waals surface area (Å²) in [4.78, 5) is 19.9. The van der Waals surface area contributed by atoms with E-state index in [0.29, 0.717) is 11.3 Å². The van der Waals surface area contributed by atoms with E-state index in [9.17, 15) is 17.6 Å². The first-order valence-corrected chi connectivity index (χ1v) is 11.8. The quantitative estimate of drug-likeness (QED) is 0.386. The third-order valence-electron chi connectivity index (χ3n) is 4.65. The monoisotopic (exact) mass is 480 g/mol. The summed E-state index contributed by atoms with van der Waals surface area (Å²) in [5.41, 5.74) is 2.97. The summed E-state index contributed by atoms with van der Waals surface area (Å²) >= 11 is 0. The zero-order chi connectivity index (χ0) is 24.7. The number of nitrogens with one attached hydrogen (secondary N) is 1. The Morgan fingerprint density at radius 3 is 2.50 bits per heavy atom. The average Bonchev–Trinajstić information content (AvgIpc) is 2.79. The van der Waals surface area contributed by atoms with E-state index in [1.165, 1.54) is 42.6 Å². The molecular formula is C24H21FN4O4S. The van der Waals surface area contributed by atoms with Crippen molar-refractivity contribution in [2.75, 3.05) is 5.75 Å². The standard InChI is InChI=1S/C24H21FN4O4S/c1-16-12-19(4-3-10-26)13-17(2)23(16)33-22-9-11-27-24(29-22)34(31,32)15-21(30)28-14-18-5-7-20(25)8-6-18/h3-9,11-13H,14-15H2,1-2H3,(H,28,30)/b4-3+. The fourth-order valence-electron chi connectivity index (χ4n) is 3.10. The van der Waals surface area contributed by atoms with Crippen LogP contribution in [0, 0.1) is 31.0 Å². The van der Waals surface area contributed by atoms with Gasteiger partial charge in [0.1, 0.15) is 17.3 Å². The number of hydrogen-bond donors (Lipinski definition) is 1. The van der Waals surface area contributed by atoms with Gasteiger partial charge in [0, 0.05) is 24.9 Å². The Labute approximate surface area is 196 Å². The highest BCUT2D eigenvalue weighted by molar-refractivity contribution is 7.91. The number of carbonyl (C=O) groups is 1. The Morgan fingerprint density at radius 2 is 1.85 bits per heavy atom. The SMILES string of the molecule is Cc1cc(/C=C/C#N)cc(C)c1Oc1ccnc(S(=O)(=O)CC(=O)NCc2ccc(F)cc2)n1. The van der Waals surface area contributed by atoms with Gasteiger partial charge in [-0.05, 0) is 66.4 Å². The largest absolute Gasteiger partial charge is 0.438 e. The molecule has 0 bridgehead atoms.